The fourth-order valence-corrected chi connectivity index (χ4v) is 3.43. The Labute approximate surface area is 181 Å². The van der Waals surface area contributed by atoms with Crippen LogP contribution in [0.2, 0.25) is 0 Å². The SMILES string of the molecule is O=C(OP(=O)(O)OP(=O)(O)O)OP(=O)(O)OP(=O)(O)O.[CaH2].[CaH2]. The molecule has 0 fully saturated rings. The van der Waals surface area contributed by atoms with Crippen LogP contribution < -0.4 is 0 Å². The number of hydrogen-bond donors (Lipinski definition) is 6. The van der Waals surface area contributed by atoms with E-state index in [1.54, 1.807) is 0 Å². The van der Waals surface area contributed by atoms with E-state index in [0.29, 0.717) is 0 Å². The molecule has 15 nitrogen and oxygen atoms in total. The van der Waals surface area contributed by atoms with E-state index in [4.69, 9.17) is 29.4 Å². The molecule has 0 radical (unpaired) electrons. The molecule has 22 heavy (non-hydrogen) atoms. The molecular formula is CH10Ca2O15P4. The van der Waals surface area contributed by atoms with Crippen molar-refractivity contribution in [3.05, 3.63) is 0 Å². The number of hydrogen-bond acceptors (Lipinski definition) is 9. The summed E-state index contributed by atoms with van der Waals surface area (Å²) in [4.78, 5) is 60.5. The predicted octanol–water partition coefficient (Wildman–Crippen LogP) is -2.27. The Morgan fingerprint density at radius 2 is 0.864 bits per heavy atom. The normalized spacial score (nSPS) is 17.0. The second kappa shape index (κ2) is 10.5. The van der Waals surface area contributed by atoms with Crippen LogP contribution in [0.3, 0.4) is 0 Å². The van der Waals surface area contributed by atoms with E-state index < -0.39 is 37.4 Å². The van der Waals surface area contributed by atoms with Crippen molar-refractivity contribution >= 4 is 113 Å². The van der Waals surface area contributed by atoms with Crippen LogP contribution in [0.4, 0.5) is 4.79 Å². The van der Waals surface area contributed by atoms with E-state index in [-0.39, 0.29) is 75.5 Å². The van der Waals surface area contributed by atoms with Crippen molar-refractivity contribution in [1.29, 1.82) is 0 Å². The molecule has 2 atom stereocenters. The van der Waals surface area contributed by atoms with E-state index >= 15 is 0 Å². The molecule has 0 amide bonds. The summed E-state index contributed by atoms with van der Waals surface area (Å²) >= 11 is 0. The van der Waals surface area contributed by atoms with Crippen LogP contribution in [0.25, 0.3) is 0 Å². The van der Waals surface area contributed by atoms with Crippen molar-refractivity contribution in [3.63, 3.8) is 0 Å². The van der Waals surface area contributed by atoms with Crippen LogP contribution in [0.5, 0.6) is 0 Å². The number of carbonyl (C=O) groups excluding carboxylic acids is 1. The van der Waals surface area contributed by atoms with Crippen LogP contribution in [-0.2, 0) is 35.9 Å². The number of phosphoric ester groups is 2. The molecule has 0 saturated carbocycles. The van der Waals surface area contributed by atoms with Gasteiger partial charge in [-0.1, -0.05) is 0 Å². The molecule has 0 saturated heterocycles. The van der Waals surface area contributed by atoms with Gasteiger partial charge < -0.3 is 28.6 Å². The molecule has 21 heteroatoms. The summed E-state index contributed by atoms with van der Waals surface area (Å²) in [5.41, 5.74) is 0. The number of phosphoric acid groups is 4. The fourth-order valence-electron chi connectivity index (χ4n) is 0.507. The van der Waals surface area contributed by atoms with Gasteiger partial charge in [0.2, 0.25) is 0 Å². The molecule has 2 unspecified atom stereocenters. The minimum atomic E-state index is -5.73. The first-order valence-corrected chi connectivity index (χ1v) is 9.69. The van der Waals surface area contributed by atoms with Gasteiger partial charge in [0.05, 0.1) is 0 Å². The zero-order valence-electron chi connectivity index (χ0n) is 8.65. The predicted molar refractivity (Wildman–Crippen MR) is 70.6 cm³/mol. The average Bonchev–Trinajstić information content (AvgIpc) is 1.86. The van der Waals surface area contributed by atoms with Crippen LogP contribution in [0.15, 0.2) is 0 Å². The molecule has 0 aliphatic heterocycles. The molecule has 0 aromatic heterocycles. The zero-order chi connectivity index (χ0) is 16.4. The molecule has 6 N–H and O–H groups in total. The van der Waals surface area contributed by atoms with Crippen molar-refractivity contribution in [1.82, 2.24) is 0 Å². The van der Waals surface area contributed by atoms with Gasteiger partial charge in [-0.2, -0.15) is 8.62 Å². The molecule has 0 spiro atoms. The zero-order valence-corrected chi connectivity index (χ0v) is 12.2. The van der Waals surface area contributed by atoms with E-state index in [9.17, 15) is 23.1 Å². The van der Waals surface area contributed by atoms with Gasteiger partial charge >= 0.3 is 113 Å². The summed E-state index contributed by atoms with van der Waals surface area (Å²) in [6.07, 6.45) is -2.54. The monoisotopic (exact) mass is 466 g/mol. The quantitative estimate of drug-likeness (QED) is 0.178. The summed E-state index contributed by atoms with van der Waals surface area (Å²) in [5.74, 6) is 0. The minimum absolute atomic E-state index is 0. The molecule has 0 aromatic rings. The topological polar surface area (TPSA) is 244 Å². The molecule has 0 aromatic carbocycles. The van der Waals surface area contributed by atoms with Crippen molar-refractivity contribution in [2.45, 2.75) is 0 Å². The molecule has 0 bridgehead atoms. The third kappa shape index (κ3) is 17.2. The Morgan fingerprint density at radius 3 is 1.05 bits per heavy atom. The fraction of sp³-hybridized carbons (Fsp3) is 0. The Balaban J connectivity index is -0.00000180. The third-order valence-corrected chi connectivity index (χ3v) is 4.91. The van der Waals surface area contributed by atoms with Crippen LogP contribution in [0, 0.1) is 0 Å². The van der Waals surface area contributed by atoms with E-state index in [0.717, 1.165) is 0 Å². The molecule has 128 valence electrons. The van der Waals surface area contributed by atoms with E-state index in [1.807, 2.05) is 0 Å². The summed E-state index contributed by atoms with van der Waals surface area (Å²) in [6, 6.07) is 0. The summed E-state index contributed by atoms with van der Waals surface area (Å²) in [7, 11) is -22.6. The van der Waals surface area contributed by atoms with Crippen molar-refractivity contribution in [3.8, 4) is 0 Å². The van der Waals surface area contributed by atoms with Crippen molar-refractivity contribution in [2.75, 3.05) is 0 Å². The standard InChI is InChI=1S/CH6O15P4.2Ca.4H/c2-1(13-19(9,10)15-17(3,4)5)14-20(11,12)16-18(6,7)8;;;;;;/h(H,9,10)(H,11,12)(H2,3,4,5)(H2,6,7,8);;;;;;. The Morgan fingerprint density at radius 1 is 0.636 bits per heavy atom. The van der Waals surface area contributed by atoms with Crippen LogP contribution in [-0.4, -0.2) is 111 Å². The first-order chi connectivity index (χ1) is 8.52. The summed E-state index contributed by atoms with van der Waals surface area (Å²) in [6.45, 7) is 0. The first kappa shape index (κ1) is 29.2. The van der Waals surface area contributed by atoms with E-state index in [1.165, 1.54) is 0 Å². The van der Waals surface area contributed by atoms with Gasteiger partial charge in [0.15, 0.2) is 0 Å². The molecule has 0 aliphatic carbocycles. The summed E-state index contributed by atoms with van der Waals surface area (Å²) < 4.78 is 54.6. The van der Waals surface area contributed by atoms with Gasteiger partial charge in [-0.05, 0) is 0 Å². The molecule has 0 rings (SSSR count). The Hall–Kier alpha value is 2.39. The maximum atomic E-state index is 10.8. The van der Waals surface area contributed by atoms with Crippen molar-refractivity contribution in [2.24, 2.45) is 0 Å². The first-order valence-electron chi connectivity index (χ1n) is 3.64. The van der Waals surface area contributed by atoms with Gasteiger partial charge in [-0.3, -0.25) is 9.79 Å². The number of carbonyl (C=O) groups is 1. The molecule has 0 heterocycles. The van der Waals surface area contributed by atoms with Gasteiger partial charge in [0, 0.05) is 0 Å². The Bertz CT molecular complexity index is 506. The molecular weight excluding hydrogens is 456 g/mol. The van der Waals surface area contributed by atoms with Crippen LogP contribution in [0.1, 0.15) is 0 Å². The molecule has 0 aliphatic rings. The van der Waals surface area contributed by atoms with Crippen molar-refractivity contribution < 1.29 is 70.1 Å². The van der Waals surface area contributed by atoms with Gasteiger partial charge in [-0.25, -0.2) is 23.1 Å². The maximum absolute atomic E-state index is 10.8. The second-order valence-corrected chi connectivity index (χ2v) is 8.02. The van der Waals surface area contributed by atoms with Gasteiger partial charge in [0.1, 0.15) is 0 Å². The Kier molecular flexibility index (Phi) is 13.9. The number of rotatable bonds is 6. The van der Waals surface area contributed by atoms with E-state index in [2.05, 4.69) is 17.7 Å². The van der Waals surface area contributed by atoms with Crippen LogP contribution >= 0.6 is 31.3 Å². The third-order valence-electron chi connectivity index (χ3n) is 0.799. The summed E-state index contributed by atoms with van der Waals surface area (Å²) in [5, 5.41) is 0. The second-order valence-electron chi connectivity index (χ2n) is 2.51. The van der Waals surface area contributed by atoms with Gasteiger partial charge in [0.25, 0.3) is 0 Å². The average molecular weight is 466 g/mol. The van der Waals surface area contributed by atoms with Gasteiger partial charge in [-0.15, -0.1) is 0 Å².